The van der Waals surface area contributed by atoms with Crippen LogP contribution in [0.5, 0.6) is 5.75 Å². The molecule has 1 aliphatic rings. The first-order chi connectivity index (χ1) is 50.5. The quantitative estimate of drug-likeness (QED) is 0.0217. The number of thioether (sulfide) groups is 1. The van der Waals surface area contributed by atoms with Crippen molar-refractivity contribution in [1.29, 1.82) is 0 Å². The van der Waals surface area contributed by atoms with Crippen LogP contribution in [0.25, 0.3) is 0 Å². The van der Waals surface area contributed by atoms with E-state index < -0.39 is 237 Å². The standard InChI is InChI=1S/C65H99N17O23S2/c1-32(2)24-45(65(105)82-22-7-9-48(82)64(104)78-43(25-34-10-12-36(84)13-11-34)60(100)72-38(53(68)93)8-5-6-21-66)79-61(101)44(26-35-28-69-31-70-35)77-62(102)46(29-83)80-54(94)33(3)71-63(103)47(30-106)81-58(98)41(16-19-51(89)90)74-57(97)40(15-18-50(87)88)75-59(99)42(20-23-107-4)76-56(96)39(14-17-49(85)86)73-55(95)37(67)27-52(91)92/h10-13,28,31-33,37-48,83-84,106H,5-9,14-27,29-30,66-67H2,1-4H3,(H2,68,93)(H,69,70)(H,71,103)(H,72,100)(H,73,95)(H,74,97)(H,75,99)(H,76,96)(H,77,102)(H,78,104)(H,79,101)(H,80,94)(H,81,98)(H,85,86)(H,87,88)(H,89,90)(H,91,92)/t33-,37-,38-,39-,40-,41-,42-,43-,44-,45-,46-,47-,48-/m0/s1. The molecule has 1 fully saturated rings. The summed E-state index contributed by atoms with van der Waals surface area (Å²) in [7, 11) is 0. The summed E-state index contributed by atoms with van der Waals surface area (Å²) >= 11 is 5.32. The summed E-state index contributed by atoms with van der Waals surface area (Å²) in [6.45, 7) is 3.89. The number of nitrogens with one attached hydrogen (secondary N) is 12. The molecule has 24 N–H and O–H groups in total. The Morgan fingerprint density at radius 3 is 1.50 bits per heavy atom. The van der Waals surface area contributed by atoms with E-state index in [0.717, 1.165) is 6.92 Å². The molecule has 3 rings (SSSR count). The SMILES string of the molecule is CSCC[C@H](NC(=O)[C@H](CCC(=O)O)NC(=O)[C@@H](N)CC(=O)O)C(=O)N[C@@H](CCC(=O)O)C(=O)N[C@@H](CCC(=O)O)C(=O)N[C@@H](CS)C(=O)N[C@@H](C)C(=O)N[C@@H](CO)C(=O)N[C@@H](Cc1cnc[nH]1)C(=O)N[C@@H](CC(C)C)C(=O)N1CCC[C@H]1C(=O)N[C@@H](Cc1ccc(O)cc1)C(=O)N[C@@H](CCCCN)C(N)=O. The lowest BCUT2D eigenvalue weighted by Gasteiger charge is -2.31. The fourth-order valence-electron chi connectivity index (χ4n) is 10.8. The third-order valence-electron chi connectivity index (χ3n) is 16.6. The van der Waals surface area contributed by atoms with Crippen molar-refractivity contribution >= 4 is 125 Å². The summed E-state index contributed by atoms with van der Waals surface area (Å²) in [5.74, 6) is -19.9. The number of H-pyrrole nitrogens is 1. The molecule has 42 heteroatoms. The van der Waals surface area contributed by atoms with Crippen LogP contribution in [0.1, 0.15) is 122 Å². The normalized spacial score (nSPS) is 15.9. The van der Waals surface area contributed by atoms with E-state index in [9.17, 15) is 107 Å². The predicted octanol–water partition coefficient (Wildman–Crippen LogP) is -6.02. The van der Waals surface area contributed by atoms with E-state index in [0.29, 0.717) is 37.1 Å². The van der Waals surface area contributed by atoms with Gasteiger partial charge in [0.2, 0.25) is 76.8 Å². The zero-order chi connectivity index (χ0) is 80.2. The molecular formula is C65H99N17O23S2. The van der Waals surface area contributed by atoms with E-state index in [2.05, 4.69) is 81.1 Å². The molecule has 13 amide bonds. The average Bonchev–Trinajstić information content (AvgIpc) is 1.75. The van der Waals surface area contributed by atoms with Crippen molar-refractivity contribution in [3.05, 3.63) is 48.0 Å². The molecule has 0 bridgehead atoms. The number of aromatic nitrogens is 2. The molecule has 1 aromatic heterocycles. The van der Waals surface area contributed by atoms with Crippen molar-refractivity contribution in [2.24, 2.45) is 23.1 Å². The van der Waals surface area contributed by atoms with Gasteiger partial charge in [-0.1, -0.05) is 26.0 Å². The maximum absolute atomic E-state index is 14.7. The van der Waals surface area contributed by atoms with Crippen LogP contribution in [-0.2, 0) is 94.3 Å². The number of amides is 13. The molecular weight excluding hydrogens is 1450 g/mol. The number of benzene rings is 1. The smallest absolute Gasteiger partial charge is 0.305 e. The molecule has 2 aromatic rings. The van der Waals surface area contributed by atoms with Gasteiger partial charge in [0, 0.05) is 56.3 Å². The summed E-state index contributed by atoms with van der Waals surface area (Å²) < 4.78 is 0. The second-order valence-electron chi connectivity index (χ2n) is 25.6. The Morgan fingerprint density at radius 1 is 0.570 bits per heavy atom. The molecule has 1 aromatic carbocycles. The van der Waals surface area contributed by atoms with Gasteiger partial charge in [-0.2, -0.15) is 24.4 Å². The third-order valence-corrected chi connectivity index (χ3v) is 17.6. The number of thiol groups is 1. The van der Waals surface area contributed by atoms with E-state index in [-0.39, 0.29) is 62.5 Å². The number of hydrogen-bond acceptors (Lipinski definition) is 24. The number of hydrogen-bond donors (Lipinski definition) is 22. The van der Waals surface area contributed by atoms with Crippen molar-refractivity contribution in [3.8, 4) is 5.75 Å². The topological polar surface area (TPSA) is 654 Å². The Bertz CT molecular complexity index is 3410. The van der Waals surface area contributed by atoms with Crippen LogP contribution in [0.3, 0.4) is 0 Å². The maximum Gasteiger partial charge on any atom is 0.305 e. The monoisotopic (exact) mass is 1550 g/mol. The molecule has 13 atom stereocenters. The number of aliphatic hydroxyl groups excluding tert-OH is 1. The van der Waals surface area contributed by atoms with Crippen LogP contribution in [0.15, 0.2) is 36.8 Å². The number of carbonyl (C=O) groups excluding carboxylic acids is 13. The highest BCUT2D eigenvalue weighted by molar-refractivity contribution is 7.98. The fourth-order valence-corrected chi connectivity index (χ4v) is 11.5. The van der Waals surface area contributed by atoms with Crippen LogP contribution in [0, 0.1) is 5.92 Å². The number of phenolic OH excluding ortho intramolecular Hbond substituents is 1. The number of imidazole rings is 1. The number of nitrogens with two attached hydrogens (primary N) is 3. The van der Waals surface area contributed by atoms with Gasteiger partial charge in [-0.3, -0.25) is 81.5 Å². The summed E-state index contributed by atoms with van der Waals surface area (Å²) in [5, 5.41) is 84.3. The first kappa shape index (κ1) is 91.0. The first-order valence-electron chi connectivity index (χ1n) is 34.2. The fraction of sp³-hybridized carbons (Fsp3) is 0.600. The van der Waals surface area contributed by atoms with E-state index in [1.165, 1.54) is 53.5 Å². The van der Waals surface area contributed by atoms with E-state index >= 15 is 0 Å². The molecule has 0 radical (unpaired) electrons. The maximum atomic E-state index is 14.7. The van der Waals surface area contributed by atoms with Gasteiger partial charge >= 0.3 is 23.9 Å². The van der Waals surface area contributed by atoms with Gasteiger partial charge in [0.1, 0.15) is 78.3 Å². The van der Waals surface area contributed by atoms with E-state index in [1.807, 2.05) is 0 Å². The average molecular weight is 1550 g/mol. The number of likely N-dealkylation sites (tertiary alicyclic amines) is 1. The number of aliphatic carboxylic acids is 4. The van der Waals surface area contributed by atoms with Gasteiger partial charge in [-0.25, -0.2) is 4.98 Å². The van der Waals surface area contributed by atoms with Crippen molar-refractivity contribution in [1.82, 2.24) is 73.4 Å². The van der Waals surface area contributed by atoms with Gasteiger partial charge in [-0.15, -0.1) is 0 Å². The summed E-state index contributed by atoms with van der Waals surface area (Å²) in [6.07, 6.45) is 0.0373. The predicted molar refractivity (Wildman–Crippen MR) is 382 cm³/mol. The summed E-state index contributed by atoms with van der Waals surface area (Å²) in [5.41, 5.74) is 17.7. The summed E-state index contributed by atoms with van der Waals surface area (Å²) in [4.78, 5) is 234. The molecule has 107 heavy (non-hydrogen) atoms. The number of primary amides is 1. The van der Waals surface area contributed by atoms with Crippen molar-refractivity contribution in [2.45, 2.75) is 202 Å². The Morgan fingerprint density at radius 2 is 1.03 bits per heavy atom. The Hall–Kier alpha value is -10.2. The number of carboxylic acid groups (broad SMARTS) is 4. The number of aromatic hydroxyl groups is 1. The largest absolute Gasteiger partial charge is 0.508 e. The minimum absolute atomic E-state index is 0.000321. The van der Waals surface area contributed by atoms with Crippen LogP contribution in [-0.4, -0.2) is 262 Å². The molecule has 0 spiro atoms. The second-order valence-corrected chi connectivity index (χ2v) is 27.0. The molecule has 2 heterocycles. The van der Waals surface area contributed by atoms with Crippen LogP contribution < -0.4 is 75.7 Å². The number of carboxylic acids is 4. The minimum Gasteiger partial charge on any atom is -0.508 e. The van der Waals surface area contributed by atoms with E-state index in [1.54, 1.807) is 20.1 Å². The van der Waals surface area contributed by atoms with Gasteiger partial charge in [-0.05, 0) is 113 Å². The Kier molecular flexibility index (Phi) is 39.7. The molecule has 0 aliphatic carbocycles. The second kappa shape index (κ2) is 46.7. The van der Waals surface area contributed by atoms with Gasteiger partial charge < -0.3 is 116 Å². The Labute approximate surface area is 624 Å². The number of aliphatic hydroxyl groups is 1. The molecule has 1 saturated heterocycles. The molecule has 0 unspecified atom stereocenters. The lowest BCUT2D eigenvalue weighted by molar-refractivity contribution is -0.143. The van der Waals surface area contributed by atoms with Gasteiger partial charge in [0.05, 0.1) is 25.4 Å². The highest BCUT2D eigenvalue weighted by Gasteiger charge is 2.42. The number of phenols is 1. The molecule has 0 saturated carbocycles. The number of rotatable bonds is 50. The molecule has 1 aliphatic heterocycles. The van der Waals surface area contributed by atoms with Crippen molar-refractivity contribution in [3.63, 3.8) is 0 Å². The lowest BCUT2D eigenvalue weighted by atomic mass is 10.0. The number of carbonyl (C=O) groups is 17. The van der Waals surface area contributed by atoms with Crippen LogP contribution in [0.2, 0.25) is 0 Å². The van der Waals surface area contributed by atoms with Crippen LogP contribution >= 0.6 is 24.4 Å². The number of aromatic amines is 1. The van der Waals surface area contributed by atoms with Gasteiger partial charge in [0.25, 0.3) is 0 Å². The van der Waals surface area contributed by atoms with E-state index in [4.69, 9.17) is 22.3 Å². The molecule has 594 valence electrons. The first-order valence-corrected chi connectivity index (χ1v) is 36.3. The van der Waals surface area contributed by atoms with Crippen molar-refractivity contribution < 1.29 is 112 Å². The molecule has 40 nitrogen and oxygen atoms in total. The summed E-state index contributed by atoms with van der Waals surface area (Å²) in [6, 6.07) is -14.6. The van der Waals surface area contributed by atoms with Gasteiger partial charge in [0.15, 0.2) is 0 Å². The zero-order valence-electron chi connectivity index (χ0n) is 59.5. The number of nitrogens with zero attached hydrogens (tertiary/aromatic N) is 2. The lowest BCUT2D eigenvalue weighted by Crippen LogP contribution is -2.61. The third kappa shape index (κ3) is 32.6. The zero-order valence-corrected chi connectivity index (χ0v) is 61.2. The number of unbranched alkanes of at least 4 members (excludes halogenated alkanes) is 1. The highest BCUT2D eigenvalue weighted by atomic mass is 32.2. The van der Waals surface area contributed by atoms with Crippen LogP contribution in [0.4, 0.5) is 0 Å². The Balaban J connectivity index is 1.82. The van der Waals surface area contributed by atoms with Crippen molar-refractivity contribution in [2.75, 3.05) is 37.5 Å². The highest BCUT2D eigenvalue weighted by Crippen LogP contribution is 2.22. The minimum atomic E-state index is -1.87.